The van der Waals surface area contributed by atoms with Crippen molar-refractivity contribution in [2.45, 2.75) is 70.4 Å². The minimum absolute atomic E-state index is 0.373. The lowest BCUT2D eigenvalue weighted by molar-refractivity contribution is -0.130. The number of likely N-dealkylation sites (tertiary alicyclic amines) is 2. The third kappa shape index (κ3) is 4.45. The van der Waals surface area contributed by atoms with Gasteiger partial charge in [0.05, 0.1) is 0 Å². The molecule has 2 aliphatic rings. The highest BCUT2D eigenvalue weighted by molar-refractivity contribution is 5.76. The molecular weight excluding hydrogens is 250 g/mol. The van der Waals surface area contributed by atoms with Gasteiger partial charge in [-0.25, -0.2) is 0 Å². The van der Waals surface area contributed by atoms with Crippen LogP contribution >= 0.6 is 0 Å². The minimum Gasteiger partial charge on any atom is -0.341 e. The molecular formula is C16H31N3O. The van der Waals surface area contributed by atoms with Crippen LogP contribution in [-0.2, 0) is 4.79 Å². The molecule has 2 heterocycles. The van der Waals surface area contributed by atoms with Gasteiger partial charge in [0.1, 0.15) is 0 Å². The smallest absolute Gasteiger partial charge is 0.222 e. The molecule has 0 bridgehead atoms. The van der Waals surface area contributed by atoms with Crippen LogP contribution in [0, 0.1) is 0 Å². The molecule has 0 saturated carbocycles. The Kier molecular flexibility index (Phi) is 6.30. The first kappa shape index (κ1) is 15.8. The van der Waals surface area contributed by atoms with Crippen molar-refractivity contribution >= 4 is 5.91 Å². The molecule has 2 N–H and O–H groups in total. The number of rotatable bonds is 6. The second kappa shape index (κ2) is 7.99. The molecule has 2 saturated heterocycles. The fraction of sp³-hybridized carbons (Fsp3) is 0.938. The Balaban J connectivity index is 1.67. The van der Waals surface area contributed by atoms with Crippen LogP contribution in [0.15, 0.2) is 0 Å². The molecule has 1 amide bonds. The van der Waals surface area contributed by atoms with Gasteiger partial charge in [0.15, 0.2) is 0 Å². The summed E-state index contributed by atoms with van der Waals surface area (Å²) < 4.78 is 0. The first-order valence-electron chi connectivity index (χ1n) is 8.48. The van der Waals surface area contributed by atoms with Crippen LogP contribution in [0.25, 0.3) is 0 Å². The van der Waals surface area contributed by atoms with E-state index >= 15 is 0 Å². The lowest BCUT2D eigenvalue weighted by atomic mass is 10.0. The maximum atomic E-state index is 12.2. The summed E-state index contributed by atoms with van der Waals surface area (Å²) in [5.41, 5.74) is 5.96. The number of unbranched alkanes of at least 4 members (excludes halogenated alkanes) is 3. The summed E-state index contributed by atoms with van der Waals surface area (Å²) in [6.45, 7) is 6.34. The summed E-state index contributed by atoms with van der Waals surface area (Å²) in [6.07, 6.45) is 8.87. The van der Waals surface area contributed by atoms with Gasteiger partial charge in [-0.2, -0.15) is 0 Å². The summed E-state index contributed by atoms with van der Waals surface area (Å²) in [4.78, 5) is 16.8. The second-order valence-corrected chi connectivity index (χ2v) is 6.47. The van der Waals surface area contributed by atoms with E-state index in [9.17, 15) is 4.79 Å². The van der Waals surface area contributed by atoms with Crippen LogP contribution in [0.4, 0.5) is 0 Å². The largest absolute Gasteiger partial charge is 0.341 e. The Morgan fingerprint density at radius 1 is 1.10 bits per heavy atom. The van der Waals surface area contributed by atoms with Crippen molar-refractivity contribution in [1.82, 2.24) is 9.80 Å². The van der Waals surface area contributed by atoms with Crippen molar-refractivity contribution in [3.05, 3.63) is 0 Å². The third-order valence-electron chi connectivity index (χ3n) is 4.85. The average molecular weight is 281 g/mol. The number of hydrogen-bond donors (Lipinski definition) is 1. The number of carbonyl (C=O) groups is 1. The Bertz CT molecular complexity index is 300. The maximum absolute atomic E-state index is 12.2. The third-order valence-corrected chi connectivity index (χ3v) is 4.85. The number of carbonyl (C=O) groups excluding carboxylic acids is 1. The molecule has 0 aromatic rings. The van der Waals surface area contributed by atoms with E-state index in [1.54, 1.807) is 0 Å². The topological polar surface area (TPSA) is 49.6 Å². The Morgan fingerprint density at radius 3 is 2.55 bits per heavy atom. The van der Waals surface area contributed by atoms with Crippen molar-refractivity contribution in [3.8, 4) is 0 Å². The van der Waals surface area contributed by atoms with Crippen LogP contribution < -0.4 is 5.73 Å². The fourth-order valence-electron chi connectivity index (χ4n) is 3.41. The lowest BCUT2D eigenvalue weighted by Crippen LogP contribution is -2.46. The molecule has 116 valence electrons. The van der Waals surface area contributed by atoms with Crippen LogP contribution in [0.1, 0.15) is 58.3 Å². The van der Waals surface area contributed by atoms with Crippen molar-refractivity contribution in [2.24, 2.45) is 5.73 Å². The number of piperidine rings is 1. The molecule has 20 heavy (non-hydrogen) atoms. The van der Waals surface area contributed by atoms with E-state index in [4.69, 9.17) is 5.73 Å². The first-order chi connectivity index (χ1) is 9.70. The highest BCUT2D eigenvalue weighted by Gasteiger charge is 2.31. The van der Waals surface area contributed by atoms with E-state index in [-0.39, 0.29) is 0 Å². The zero-order valence-corrected chi connectivity index (χ0v) is 13.0. The normalized spacial score (nSPS) is 25.3. The molecule has 0 aromatic carbocycles. The Hall–Kier alpha value is -0.610. The van der Waals surface area contributed by atoms with Gasteiger partial charge in [0.2, 0.25) is 5.91 Å². The first-order valence-corrected chi connectivity index (χ1v) is 8.48. The zero-order chi connectivity index (χ0) is 14.4. The average Bonchev–Trinajstić information content (AvgIpc) is 2.94. The summed E-state index contributed by atoms with van der Waals surface area (Å²) in [5.74, 6) is 0.373. The summed E-state index contributed by atoms with van der Waals surface area (Å²) in [7, 11) is 0. The van der Waals surface area contributed by atoms with E-state index in [0.29, 0.717) is 18.0 Å². The zero-order valence-electron chi connectivity index (χ0n) is 13.0. The van der Waals surface area contributed by atoms with Gasteiger partial charge >= 0.3 is 0 Å². The van der Waals surface area contributed by atoms with Gasteiger partial charge in [-0.3, -0.25) is 9.69 Å². The highest BCUT2D eigenvalue weighted by atomic mass is 16.2. The second-order valence-electron chi connectivity index (χ2n) is 6.47. The molecule has 2 fully saturated rings. The molecule has 2 rings (SSSR count). The molecule has 0 aliphatic carbocycles. The van der Waals surface area contributed by atoms with E-state index in [0.717, 1.165) is 58.3 Å². The van der Waals surface area contributed by atoms with Crippen LogP contribution in [0.5, 0.6) is 0 Å². The minimum atomic E-state index is 0.373. The molecule has 2 aliphatic heterocycles. The molecule has 1 unspecified atom stereocenters. The van der Waals surface area contributed by atoms with E-state index < -0.39 is 0 Å². The highest BCUT2D eigenvalue weighted by Crippen LogP contribution is 2.21. The predicted octanol–water partition coefficient (Wildman–Crippen LogP) is 1.98. The molecule has 0 aromatic heterocycles. The molecule has 4 nitrogen and oxygen atoms in total. The fourth-order valence-corrected chi connectivity index (χ4v) is 3.41. The summed E-state index contributed by atoms with van der Waals surface area (Å²) in [6, 6.07) is 0.978. The van der Waals surface area contributed by atoms with E-state index in [1.165, 1.54) is 19.3 Å². The van der Waals surface area contributed by atoms with Gasteiger partial charge in [-0.05, 0) is 38.8 Å². The number of amides is 1. The van der Waals surface area contributed by atoms with Crippen LogP contribution in [0.2, 0.25) is 0 Å². The number of hydrogen-bond acceptors (Lipinski definition) is 3. The molecule has 0 spiro atoms. The molecule has 1 atom stereocenters. The van der Waals surface area contributed by atoms with Crippen molar-refractivity contribution in [1.29, 1.82) is 0 Å². The summed E-state index contributed by atoms with van der Waals surface area (Å²) in [5, 5.41) is 0. The standard InChI is InChI=1S/C16H31N3O/c1-2-3-4-5-6-16(20)19-12-9-15(13-19)18-10-7-14(17)8-11-18/h14-15H,2-13,17H2,1H3. The number of nitrogens with two attached hydrogens (primary N) is 1. The van der Waals surface area contributed by atoms with Gasteiger partial charge in [-0.1, -0.05) is 26.2 Å². The Labute approximate surface area is 123 Å². The van der Waals surface area contributed by atoms with Gasteiger partial charge in [-0.15, -0.1) is 0 Å². The monoisotopic (exact) mass is 281 g/mol. The SMILES string of the molecule is CCCCCCC(=O)N1CCC(N2CCC(N)CC2)C1. The van der Waals surface area contributed by atoms with E-state index in [1.807, 2.05) is 0 Å². The van der Waals surface area contributed by atoms with Crippen molar-refractivity contribution in [2.75, 3.05) is 26.2 Å². The predicted molar refractivity (Wildman–Crippen MR) is 82.5 cm³/mol. The number of nitrogens with zero attached hydrogens (tertiary/aromatic N) is 2. The van der Waals surface area contributed by atoms with Gasteiger partial charge < -0.3 is 10.6 Å². The molecule has 0 radical (unpaired) electrons. The Morgan fingerprint density at radius 2 is 1.85 bits per heavy atom. The summed E-state index contributed by atoms with van der Waals surface area (Å²) >= 11 is 0. The molecule has 4 heteroatoms. The van der Waals surface area contributed by atoms with Crippen molar-refractivity contribution < 1.29 is 4.79 Å². The van der Waals surface area contributed by atoms with Crippen molar-refractivity contribution in [3.63, 3.8) is 0 Å². The van der Waals surface area contributed by atoms with Gasteiger partial charge in [0.25, 0.3) is 0 Å². The lowest BCUT2D eigenvalue weighted by Gasteiger charge is -2.34. The van der Waals surface area contributed by atoms with Gasteiger partial charge in [0, 0.05) is 31.6 Å². The maximum Gasteiger partial charge on any atom is 0.222 e. The quantitative estimate of drug-likeness (QED) is 0.757. The van der Waals surface area contributed by atoms with Crippen LogP contribution in [0.3, 0.4) is 0 Å². The van der Waals surface area contributed by atoms with E-state index in [2.05, 4.69) is 16.7 Å². The van der Waals surface area contributed by atoms with Crippen LogP contribution in [-0.4, -0.2) is 54.0 Å².